The molecular formula is C23H29FN4O. The molecule has 6 heteroatoms. The summed E-state index contributed by atoms with van der Waals surface area (Å²) in [5.41, 5.74) is 1.14. The number of hydrogen-bond acceptors (Lipinski definition) is 5. The molecule has 1 atom stereocenters. The molecule has 0 spiro atoms. The normalized spacial score (nSPS) is 16.9. The van der Waals surface area contributed by atoms with Crippen LogP contribution >= 0.6 is 0 Å². The molecule has 0 radical (unpaired) electrons. The van der Waals surface area contributed by atoms with E-state index in [2.05, 4.69) is 20.9 Å². The molecule has 154 valence electrons. The summed E-state index contributed by atoms with van der Waals surface area (Å²) in [6.07, 6.45) is 5.65. The zero-order valence-corrected chi connectivity index (χ0v) is 17.4. The molecule has 0 N–H and O–H groups in total. The van der Waals surface area contributed by atoms with Crippen LogP contribution in [0.15, 0.2) is 36.7 Å². The summed E-state index contributed by atoms with van der Waals surface area (Å²) in [5, 5.41) is 9.66. The number of likely N-dealkylation sites (tertiary alicyclic amines) is 1. The van der Waals surface area contributed by atoms with Gasteiger partial charge >= 0.3 is 0 Å². The summed E-state index contributed by atoms with van der Waals surface area (Å²) in [4.78, 5) is 11.1. The summed E-state index contributed by atoms with van der Waals surface area (Å²) in [5.74, 6) is 0.476. The number of hydrogen-bond donors (Lipinski definition) is 0. The van der Waals surface area contributed by atoms with Crippen molar-refractivity contribution >= 4 is 0 Å². The molecule has 5 nitrogen and oxygen atoms in total. The van der Waals surface area contributed by atoms with Crippen molar-refractivity contribution in [3.8, 4) is 11.9 Å². The molecule has 1 saturated heterocycles. The molecule has 0 saturated carbocycles. The second-order valence-electron chi connectivity index (χ2n) is 8.67. The van der Waals surface area contributed by atoms with Crippen molar-refractivity contribution in [1.29, 1.82) is 5.26 Å². The van der Waals surface area contributed by atoms with E-state index in [1.54, 1.807) is 24.5 Å². The Kier molecular flexibility index (Phi) is 6.81. The number of rotatable bonds is 6. The van der Waals surface area contributed by atoms with E-state index in [0.717, 1.165) is 31.6 Å². The maximum absolute atomic E-state index is 14.0. The van der Waals surface area contributed by atoms with Crippen LogP contribution in [-0.4, -0.2) is 33.6 Å². The van der Waals surface area contributed by atoms with Gasteiger partial charge in [0.2, 0.25) is 5.88 Å². The minimum absolute atomic E-state index is 0.162. The standard InChI is InChI=1S/C23H29FN4O/c1-23(2,3)29-22-21(26-10-11-27-22)16-28-12-8-17(9-13-28)19(15-25)14-18-6-4-5-7-20(18)24/h4-7,10-11,17,19H,8-9,12-14,16H2,1-3H3. The van der Waals surface area contributed by atoms with Gasteiger partial charge in [-0.3, -0.25) is 9.88 Å². The molecule has 2 aromatic rings. The van der Waals surface area contributed by atoms with Gasteiger partial charge in [-0.05, 0) is 70.7 Å². The van der Waals surface area contributed by atoms with Crippen LogP contribution in [0.2, 0.25) is 0 Å². The highest BCUT2D eigenvalue weighted by Gasteiger charge is 2.28. The summed E-state index contributed by atoms with van der Waals surface area (Å²) >= 11 is 0. The fourth-order valence-corrected chi connectivity index (χ4v) is 3.78. The number of piperidine rings is 1. The van der Waals surface area contributed by atoms with Crippen molar-refractivity contribution < 1.29 is 9.13 Å². The number of aromatic nitrogens is 2. The Labute approximate surface area is 172 Å². The molecule has 0 aliphatic carbocycles. The summed E-state index contributed by atoms with van der Waals surface area (Å²) < 4.78 is 19.9. The van der Waals surface area contributed by atoms with Crippen molar-refractivity contribution in [2.45, 2.75) is 52.2 Å². The van der Waals surface area contributed by atoms with E-state index in [1.807, 2.05) is 26.8 Å². The number of nitriles is 1. The minimum Gasteiger partial charge on any atom is -0.471 e. The summed E-state index contributed by atoms with van der Waals surface area (Å²) in [6, 6.07) is 9.17. The second-order valence-corrected chi connectivity index (χ2v) is 8.67. The largest absolute Gasteiger partial charge is 0.471 e. The topological polar surface area (TPSA) is 62.0 Å². The maximum Gasteiger partial charge on any atom is 0.237 e. The van der Waals surface area contributed by atoms with Gasteiger partial charge in [0.05, 0.1) is 12.0 Å². The molecule has 1 aromatic heterocycles. The van der Waals surface area contributed by atoms with E-state index in [-0.39, 0.29) is 23.3 Å². The molecule has 1 aliphatic rings. The Morgan fingerprint density at radius 1 is 1.21 bits per heavy atom. The van der Waals surface area contributed by atoms with Crippen LogP contribution in [0.1, 0.15) is 44.9 Å². The molecule has 3 rings (SSSR count). The van der Waals surface area contributed by atoms with Crippen molar-refractivity contribution in [3.63, 3.8) is 0 Å². The third kappa shape index (κ3) is 5.98. The van der Waals surface area contributed by atoms with Crippen molar-refractivity contribution in [3.05, 3.63) is 53.7 Å². The fourth-order valence-electron chi connectivity index (χ4n) is 3.78. The van der Waals surface area contributed by atoms with E-state index in [0.29, 0.717) is 24.4 Å². The zero-order chi connectivity index (χ0) is 20.9. The lowest BCUT2D eigenvalue weighted by Gasteiger charge is -2.34. The van der Waals surface area contributed by atoms with Gasteiger partial charge in [0.15, 0.2) is 0 Å². The predicted molar refractivity (Wildman–Crippen MR) is 110 cm³/mol. The van der Waals surface area contributed by atoms with Crippen LogP contribution in [0.3, 0.4) is 0 Å². The van der Waals surface area contributed by atoms with Gasteiger partial charge in [0, 0.05) is 18.9 Å². The van der Waals surface area contributed by atoms with Gasteiger partial charge in [0.1, 0.15) is 17.1 Å². The lowest BCUT2D eigenvalue weighted by Crippen LogP contribution is -2.36. The number of halogens is 1. The fraction of sp³-hybridized carbons (Fsp3) is 0.522. The Morgan fingerprint density at radius 2 is 1.90 bits per heavy atom. The van der Waals surface area contributed by atoms with Crippen molar-refractivity contribution in [1.82, 2.24) is 14.9 Å². The molecular weight excluding hydrogens is 367 g/mol. The van der Waals surface area contributed by atoms with Crippen LogP contribution < -0.4 is 4.74 Å². The zero-order valence-electron chi connectivity index (χ0n) is 17.4. The molecule has 29 heavy (non-hydrogen) atoms. The molecule has 1 aliphatic heterocycles. The van der Waals surface area contributed by atoms with Crippen molar-refractivity contribution in [2.75, 3.05) is 13.1 Å². The van der Waals surface area contributed by atoms with Crippen LogP contribution in [0, 0.1) is 29.0 Å². The molecule has 0 bridgehead atoms. The lowest BCUT2D eigenvalue weighted by molar-refractivity contribution is 0.114. The van der Waals surface area contributed by atoms with Crippen LogP contribution in [0.25, 0.3) is 0 Å². The Morgan fingerprint density at radius 3 is 2.55 bits per heavy atom. The molecule has 0 amide bonds. The monoisotopic (exact) mass is 396 g/mol. The Bertz CT molecular complexity index is 850. The summed E-state index contributed by atoms with van der Waals surface area (Å²) in [7, 11) is 0. The van der Waals surface area contributed by atoms with Gasteiger partial charge in [-0.15, -0.1) is 0 Å². The third-order valence-corrected chi connectivity index (χ3v) is 5.28. The number of benzene rings is 1. The number of nitrogens with zero attached hydrogens (tertiary/aromatic N) is 4. The highest BCUT2D eigenvalue weighted by Crippen LogP contribution is 2.29. The average Bonchev–Trinajstić information content (AvgIpc) is 2.68. The highest BCUT2D eigenvalue weighted by atomic mass is 19.1. The third-order valence-electron chi connectivity index (χ3n) is 5.28. The maximum atomic E-state index is 14.0. The van der Waals surface area contributed by atoms with Crippen LogP contribution in [-0.2, 0) is 13.0 Å². The first-order valence-electron chi connectivity index (χ1n) is 10.2. The van der Waals surface area contributed by atoms with Crippen LogP contribution in [0.5, 0.6) is 5.88 Å². The first kappa shape index (κ1) is 21.2. The molecule has 1 aromatic carbocycles. The van der Waals surface area contributed by atoms with Gasteiger partial charge in [-0.2, -0.15) is 5.26 Å². The highest BCUT2D eigenvalue weighted by molar-refractivity contribution is 5.20. The second kappa shape index (κ2) is 9.32. The van der Waals surface area contributed by atoms with Gasteiger partial charge < -0.3 is 4.74 Å². The van der Waals surface area contributed by atoms with Gasteiger partial charge in [-0.25, -0.2) is 9.37 Å². The van der Waals surface area contributed by atoms with Gasteiger partial charge in [-0.1, -0.05) is 18.2 Å². The summed E-state index contributed by atoms with van der Waals surface area (Å²) in [6.45, 7) is 8.42. The first-order valence-corrected chi connectivity index (χ1v) is 10.2. The van der Waals surface area contributed by atoms with E-state index in [1.165, 1.54) is 6.07 Å². The van der Waals surface area contributed by atoms with E-state index >= 15 is 0 Å². The molecule has 2 heterocycles. The Balaban J connectivity index is 1.58. The molecule has 1 fully saturated rings. The smallest absolute Gasteiger partial charge is 0.237 e. The quantitative estimate of drug-likeness (QED) is 0.725. The van der Waals surface area contributed by atoms with E-state index < -0.39 is 0 Å². The predicted octanol–water partition coefficient (Wildman–Crippen LogP) is 4.39. The minimum atomic E-state index is -0.329. The lowest BCUT2D eigenvalue weighted by atomic mass is 9.81. The molecule has 1 unspecified atom stereocenters. The van der Waals surface area contributed by atoms with Crippen molar-refractivity contribution in [2.24, 2.45) is 11.8 Å². The average molecular weight is 397 g/mol. The van der Waals surface area contributed by atoms with E-state index in [4.69, 9.17) is 4.74 Å². The van der Waals surface area contributed by atoms with Gasteiger partial charge in [0.25, 0.3) is 0 Å². The Hall–Kier alpha value is -2.52. The first-order chi connectivity index (χ1) is 13.9. The SMILES string of the molecule is CC(C)(C)Oc1nccnc1CN1CCC(C(C#N)Cc2ccccc2F)CC1. The van der Waals surface area contributed by atoms with Crippen LogP contribution in [0.4, 0.5) is 4.39 Å². The number of ether oxygens (including phenoxy) is 1. The van der Waals surface area contributed by atoms with E-state index in [9.17, 15) is 9.65 Å².